The molecule has 16 heavy (non-hydrogen) atoms. The van der Waals surface area contributed by atoms with Crippen molar-refractivity contribution in [2.75, 3.05) is 0 Å². The Balaban J connectivity index is 1.99. The molecule has 0 amide bonds. The van der Waals surface area contributed by atoms with Crippen LogP contribution >= 0.6 is 0 Å². The van der Waals surface area contributed by atoms with Crippen molar-refractivity contribution in [3.8, 4) is 0 Å². The summed E-state index contributed by atoms with van der Waals surface area (Å²) in [5.41, 5.74) is 5.74. The van der Waals surface area contributed by atoms with Gasteiger partial charge in [0.05, 0.1) is 6.42 Å². The molecule has 1 saturated carbocycles. The predicted octanol–water partition coefficient (Wildman–Crippen LogP) is 2.79. The minimum Gasteiger partial charge on any atom is -0.481 e. The maximum absolute atomic E-state index is 10.4. The van der Waals surface area contributed by atoms with Crippen LogP contribution in [0.1, 0.15) is 58.3 Å². The summed E-state index contributed by atoms with van der Waals surface area (Å²) >= 11 is 0. The van der Waals surface area contributed by atoms with E-state index in [4.69, 9.17) is 10.8 Å². The van der Waals surface area contributed by atoms with E-state index >= 15 is 0 Å². The fourth-order valence-corrected chi connectivity index (χ4v) is 2.27. The van der Waals surface area contributed by atoms with Crippen molar-refractivity contribution in [2.24, 2.45) is 17.6 Å². The third-order valence-electron chi connectivity index (χ3n) is 3.76. The first-order chi connectivity index (χ1) is 7.58. The first-order valence-electron chi connectivity index (χ1n) is 6.55. The van der Waals surface area contributed by atoms with Crippen LogP contribution in [0.5, 0.6) is 0 Å². The first kappa shape index (κ1) is 13.5. The lowest BCUT2D eigenvalue weighted by Gasteiger charge is -2.26. The van der Waals surface area contributed by atoms with Gasteiger partial charge in [-0.05, 0) is 24.7 Å². The molecule has 3 nitrogen and oxygen atoms in total. The summed E-state index contributed by atoms with van der Waals surface area (Å²) in [6, 6.07) is -0.163. The SMILES string of the molecule is C[C@H](CCC1CCC1)CC[C@H](N)CC(=O)O. The highest BCUT2D eigenvalue weighted by molar-refractivity contribution is 5.67. The van der Waals surface area contributed by atoms with Gasteiger partial charge >= 0.3 is 5.97 Å². The van der Waals surface area contributed by atoms with Gasteiger partial charge in [-0.2, -0.15) is 0 Å². The molecule has 0 spiro atoms. The van der Waals surface area contributed by atoms with Gasteiger partial charge in [-0.1, -0.05) is 39.0 Å². The maximum atomic E-state index is 10.4. The molecule has 0 bridgehead atoms. The van der Waals surface area contributed by atoms with Gasteiger partial charge in [0, 0.05) is 6.04 Å². The normalized spacial score (nSPS) is 20.1. The number of carboxylic acid groups (broad SMARTS) is 1. The summed E-state index contributed by atoms with van der Waals surface area (Å²) in [5, 5.41) is 8.58. The standard InChI is InChI=1S/C13H25NO2/c1-10(5-7-11-3-2-4-11)6-8-12(14)9-13(15)16/h10-12H,2-9,14H2,1H3,(H,15,16)/t10-,12+/m1/s1. The minimum atomic E-state index is -0.783. The van der Waals surface area contributed by atoms with E-state index in [-0.39, 0.29) is 12.5 Å². The molecule has 94 valence electrons. The third-order valence-corrected chi connectivity index (χ3v) is 3.76. The molecule has 2 atom stereocenters. The van der Waals surface area contributed by atoms with E-state index in [9.17, 15) is 4.79 Å². The van der Waals surface area contributed by atoms with Crippen LogP contribution in [0, 0.1) is 11.8 Å². The van der Waals surface area contributed by atoms with Gasteiger partial charge in [0.15, 0.2) is 0 Å². The summed E-state index contributed by atoms with van der Waals surface area (Å²) in [6.07, 6.45) is 8.92. The van der Waals surface area contributed by atoms with Gasteiger partial charge in [0.1, 0.15) is 0 Å². The number of carbonyl (C=O) groups is 1. The third kappa shape index (κ3) is 5.50. The van der Waals surface area contributed by atoms with Crippen LogP contribution in [-0.2, 0) is 4.79 Å². The van der Waals surface area contributed by atoms with Crippen LogP contribution in [0.2, 0.25) is 0 Å². The summed E-state index contributed by atoms with van der Waals surface area (Å²) in [4.78, 5) is 10.4. The molecule has 1 rings (SSSR count). The highest BCUT2D eigenvalue weighted by atomic mass is 16.4. The highest BCUT2D eigenvalue weighted by Gasteiger charge is 2.18. The Labute approximate surface area is 98.4 Å². The molecule has 0 heterocycles. The summed E-state index contributed by atoms with van der Waals surface area (Å²) in [7, 11) is 0. The van der Waals surface area contributed by atoms with Crippen molar-refractivity contribution in [2.45, 2.75) is 64.3 Å². The Morgan fingerprint density at radius 2 is 2.06 bits per heavy atom. The van der Waals surface area contributed by atoms with Gasteiger partial charge in [-0.3, -0.25) is 4.79 Å². The molecular formula is C13H25NO2. The van der Waals surface area contributed by atoms with E-state index in [1.54, 1.807) is 0 Å². The Kier molecular flexibility index (Phi) is 5.81. The minimum absolute atomic E-state index is 0.106. The van der Waals surface area contributed by atoms with E-state index in [2.05, 4.69) is 6.92 Å². The zero-order chi connectivity index (χ0) is 12.0. The molecule has 0 aromatic heterocycles. The number of hydrogen-bond donors (Lipinski definition) is 2. The number of nitrogens with two attached hydrogens (primary N) is 1. The molecule has 0 aromatic rings. The molecule has 3 N–H and O–H groups in total. The molecule has 0 radical (unpaired) electrons. The zero-order valence-corrected chi connectivity index (χ0v) is 10.3. The fourth-order valence-electron chi connectivity index (χ4n) is 2.27. The zero-order valence-electron chi connectivity index (χ0n) is 10.3. The van der Waals surface area contributed by atoms with E-state index in [1.807, 2.05) is 0 Å². The van der Waals surface area contributed by atoms with Gasteiger partial charge in [-0.15, -0.1) is 0 Å². The van der Waals surface area contributed by atoms with Crippen LogP contribution in [-0.4, -0.2) is 17.1 Å². The molecule has 0 saturated heterocycles. The lowest BCUT2D eigenvalue weighted by Crippen LogP contribution is -2.24. The highest BCUT2D eigenvalue weighted by Crippen LogP contribution is 2.32. The maximum Gasteiger partial charge on any atom is 0.304 e. The van der Waals surface area contributed by atoms with Crippen molar-refractivity contribution >= 4 is 5.97 Å². The first-order valence-corrected chi connectivity index (χ1v) is 6.55. The Hall–Kier alpha value is -0.570. The van der Waals surface area contributed by atoms with Crippen molar-refractivity contribution < 1.29 is 9.90 Å². The molecule has 1 fully saturated rings. The van der Waals surface area contributed by atoms with Gasteiger partial charge in [0.2, 0.25) is 0 Å². The second kappa shape index (κ2) is 6.89. The summed E-state index contributed by atoms with van der Waals surface area (Å²) < 4.78 is 0. The van der Waals surface area contributed by atoms with Crippen LogP contribution in [0.25, 0.3) is 0 Å². The lowest BCUT2D eigenvalue weighted by atomic mass is 9.80. The second-order valence-electron chi connectivity index (χ2n) is 5.41. The summed E-state index contributed by atoms with van der Waals surface area (Å²) in [5.74, 6) is 0.894. The average molecular weight is 227 g/mol. The quantitative estimate of drug-likeness (QED) is 0.670. The Morgan fingerprint density at radius 1 is 1.38 bits per heavy atom. The van der Waals surface area contributed by atoms with Gasteiger partial charge in [0.25, 0.3) is 0 Å². The largest absolute Gasteiger partial charge is 0.481 e. The van der Waals surface area contributed by atoms with Crippen LogP contribution in [0.4, 0.5) is 0 Å². The average Bonchev–Trinajstić information content (AvgIpc) is 2.11. The Morgan fingerprint density at radius 3 is 2.56 bits per heavy atom. The molecule has 1 aliphatic rings. The number of aliphatic carboxylic acids is 1. The van der Waals surface area contributed by atoms with Crippen LogP contribution in [0.15, 0.2) is 0 Å². The monoisotopic (exact) mass is 227 g/mol. The molecule has 0 aliphatic heterocycles. The van der Waals surface area contributed by atoms with Gasteiger partial charge in [-0.25, -0.2) is 0 Å². The number of hydrogen-bond acceptors (Lipinski definition) is 2. The molecular weight excluding hydrogens is 202 g/mol. The Bertz CT molecular complexity index is 214. The molecule has 1 aliphatic carbocycles. The molecule has 3 heteroatoms. The summed E-state index contributed by atoms with van der Waals surface area (Å²) in [6.45, 7) is 2.26. The number of carboxylic acids is 1. The lowest BCUT2D eigenvalue weighted by molar-refractivity contribution is -0.137. The topological polar surface area (TPSA) is 63.3 Å². The van der Waals surface area contributed by atoms with Gasteiger partial charge < -0.3 is 10.8 Å². The van der Waals surface area contributed by atoms with Crippen molar-refractivity contribution in [3.05, 3.63) is 0 Å². The van der Waals surface area contributed by atoms with Crippen LogP contribution < -0.4 is 5.73 Å². The van der Waals surface area contributed by atoms with Crippen LogP contribution in [0.3, 0.4) is 0 Å². The van der Waals surface area contributed by atoms with Crippen molar-refractivity contribution in [3.63, 3.8) is 0 Å². The predicted molar refractivity (Wildman–Crippen MR) is 65.2 cm³/mol. The van der Waals surface area contributed by atoms with E-state index < -0.39 is 5.97 Å². The second-order valence-corrected chi connectivity index (χ2v) is 5.41. The number of rotatable bonds is 8. The smallest absolute Gasteiger partial charge is 0.304 e. The van der Waals surface area contributed by atoms with Crippen molar-refractivity contribution in [1.82, 2.24) is 0 Å². The van der Waals surface area contributed by atoms with Crippen molar-refractivity contribution in [1.29, 1.82) is 0 Å². The van der Waals surface area contributed by atoms with E-state index in [0.29, 0.717) is 5.92 Å². The molecule has 0 aromatic carbocycles. The van der Waals surface area contributed by atoms with E-state index in [0.717, 1.165) is 18.8 Å². The van der Waals surface area contributed by atoms with E-state index in [1.165, 1.54) is 32.1 Å². The molecule has 0 unspecified atom stereocenters. The fraction of sp³-hybridized carbons (Fsp3) is 0.923.